The summed E-state index contributed by atoms with van der Waals surface area (Å²) < 4.78 is 27.3. The third-order valence-electron chi connectivity index (χ3n) is 4.81. The Morgan fingerprint density at radius 2 is 1.65 bits per heavy atom. The first kappa shape index (κ1) is 16.6. The van der Waals surface area contributed by atoms with Gasteiger partial charge in [0.15, 0.2) is 0 Å². The largest absolute Gasteiger partial charge is 0.356 e. The number of aryl methyl sites for hydroxylation is 2. The lowest BCUT2D eigenvalue weighted by atomic mass is 10.1. The molecule has 0 aliphatic carbocycles. The summed E-state index contributed by atoms with van der Waals surface area (Å²) in [5, 5.41) is -0.235. The van der Waals surface area contributed by atoms with E-state index in [4.69, 9.17) is 0 Å². The first-order valence-corrected chi connectivity index (χ1v) is 10.0. The topological polar surface area (TPSA) is 66.4 Å². The molecule has 3 heterocycles. The third kappa shape index (κ3) is 3.66. The van der Waals surface area contributed by atoms with Crippen molar-refractivity contribution in [2.45, 2.75) is 51.2 Å². The van der Waals surface area contributed by atoms with Gasteiger partial charge in [-0.05, 0) is 39.5 Å². The minimum Gasteiger partial charge on any atom is -0.356 e. The van der Waals surface area contributed by atoms with E-state index in [0.29, 0.717) is 25.9 Å². The molecule has 0 spiro atoms. The molecule has 0 bridgehead atoms. The number of rotatable bonds is 3. The van der Waals surface area contributed by atoms with Crippen molar-refractivity contribution in [1.82, 2.24) is 14.3 Å². The van der Waals surface area contributed by atoms with Crippen LogP contribution in [0.3, 0.4) is 0 Å². The molecular weight excluding hydrogens is 312 g/mol. The van der Waals surface area contributed by atoms with Gasteiger partial charge in [0.05, 0.1) is 5.25 Å². The zero-order chi connectivity index (χ0) is 16.4. The number of hydrogen-bond acceptors (Lipinski definition) is 5. The van der Waals surface area contributed by atoms with E-state index < -0.39 is 10.0 Å². The van der Waals surface area contributed by atoms with Gasteiger partial charge in [-0.1, -0.05) is 6.42 Å². The van der Waals surface area contributed by atoms with Crippen LogP contribution in [0.4, 0.5) is 5.82 Å². The smallest absolute Gasteiger partial charge is 0.217 e. The van der Waals surface area contributed by atoms with Crippen LogP contribution in [-0.4, -0.2) is 54.1 Å². The Labute approximate surface area is 139 Å². The molecule has 1 aromatic rings. The average molecular weight is 338 g/mol. The maximum atomic E-state index is 12.8. The van der Waals surface area contributed by atoms with Crippen LogP contribution >= 0.6 is 0 Å². The van der Waals surface area contributed by atoms with Crippen molar-refractivity contribution in [3.8, 4) is 0 Å². The van der Waals surface area contributed by atoms with Gasteiger partial charge in [0.2, 0.25) is 10.0 Å². The molecule has 0 unspecified atom stereocenters. The SMILES string of the molecule is Cc1cc(N2CCC(S(=O)(=O)N3CCCCC3)CC2)nc(C)n1. The summed E-state index contributed by atoms with van der Waals surface area (Å²) in [5.74, 6) is 1.69. The number of piperidine rings is 2. The predicted molar refractivity (Wildman–Crippen MR) is 91.1 cm³/mol. The highest BCUT2D eigenvalue weighted by molar-refractivity contribution is 7.89. The fourth-order valence-electron chi connectivity index (χ4n) is 3.57. The summed E-state index contributed by atoms with van der Waals surface area (Å²) in [6.45, 7) is 6.75. The van der Waals surface area contributed by atoms with E-state index in [0.717, 1.165) is 49.7 Å². The Morgan fingerprint density at radius 1 is 1.00 bits per heavy atom. The molecule has 7 heteroatoms. The Hall–Kier alpha value is -1.21. The fraction of sp³-hybridized carbons (Fsp3) is 0.750. The van der Waals surface area contributed by atoms with Crippen molar-refractivity contribution >= 4 is 15.8 Å². The molecule has 0 N–H and O–H groups in total. The summed E-state index contributed by atoms with van der Waals surface area (Å²) in [5.41, 5.74) is 0.954. The Balaban J connectivity index is 1.65. The Bertz CT molecular complexity index is 628. The highest BCUT2D eigenvalue weighted by Crippen LogP contribution is 2.26. The predicted octanol–water partition coefficient (Wildman–Crippen LogP) is 1.88. The van der Waals surface area contributed by atoms with Crippen molar-refractivity contribution in [2.24, 2.45) is 0 Å². The van der Waals surface area contributed by atoms with Gasteiger partial charge in [-0.25, -0.2) is 22.7 Å². The standard InChI is InChI=1S/C16H26N4O2S/c1-13-12-16(18-14(2)17-13)19-10-6-15(7-11-19)23(21,22)20-8-4-3-5-9-20/h12,15H,3-11H2,1-2H3. The molecule has 1 aromatic heterocycles. The molecule has 0 aromatic carbocycles. The number of hydrogen-bond donors (Lipinski definition) is 0. The number of sulfonamides is 1. The van der Waals surface area contributed by atoms with Crippen molar-refractivity contribution < 1.29 is 8.42 Å². The maximum Gasteiger partial charge on any atom is 0.217 e. The summed E-state index contributed by atoms with van der Waals surface area (Å²) in [4.78, 5) is 11.0. The zero-order valence-corrected chi connectivity index (χ0v) is 14.8. The average Bonchev–Trinajstić information content (AvgIpc) is 2.55. The summed E-state index contributed by atoms with van der Waals surface area (Å²) >= 11 is 0. The van der Waals surface area contributed by atoms with Gasteiger partial charge in [0.1, 0.15) is 11.6 Å². The van der Waals surface area contributed by atoms with Crippen LogP contribution in [0.2, 0.25) is 0 Å². The third-order valence-corrected chi connectivity index (χ3v) is 7.21. The number of nitrogens with zero attached hydrogens (tertiary/aromatic N) is 4. The Kier molecular flexibility index (Phi) is 4.87. The second kappa shape index (κ2) is 6.73. The first-order chi connectivity index (χ1) is 11.0. The van der Waals surface area contributed by atoms with Gasteiger partial charge in [-0.15, -0.1) is 0 Å². The van der Waals surface area contributed by atoms with Crippen molar-refractivity contribution in [3.63, 3.8) is 0 Å². The quantitative estimate of drug-likeness (QED) is 0.842. The summed E-state index contributed by atoms with van der Waals surface area (Å²) in [7, 11) is -3.13. The summed E-state index contributed by atoms with van der Waals surface area (Å²) in [6, 6.07) is 1.98. The normalized spacial score (nSPS) is 21.6. The highest BCUT2D eigenvalue weighted by atomic mass is 32.2. The molecule has 2 fully saturated rings. The molecule has 0 radical (unpaired) electrons. The second-order valence-corrected chi connectivity index (χ2v) is 8.82. The van der Waals surface area contributed by atoms with Crippen LogP contribution in [0, 0.1) is 13.8 Å². The minimum atomic E-state index is -3.13. The van der Waals surface area contributed by atoms with E-state index in [-0.39, 0.29) is 5.25 Å². The molecule has 0 atom stereocenters. The van der Waals surface area contributed by atoms with Crippen molar-refractivity contribution in [2.75, 3.05) is 31.1 Å². The molecule has 0 amide bonds. The summed E-state index contributed by atoms with van der Waals surface area (Å²) in [6.07, 6.45) is 4.51. The van der Waals surface area contributed by atoms with E-state index in [2.05, 4.69) is 14.9 Å². The van der Waals surface area contributed by atoms with E-state index in [9.17, 15) is 8.42 Å². The van der Waals surface area contributed by atoms with Crippen LogP contribution in [0.15, 0.2) is 6.07 Å². The highest BCUT2D eigenvalue weighted by Gasteiger charge is 2.35. The lowest BCUT2D eigenvalue weighted by Gasteiger charge is -2.36. The van der Waals surface area contributed by atoms with Crippen molar-refractivity contribution in [3.05, 3.63) is 17.6 Å². The van der Waals surface area contributed by atoms with Crippen LogP contribution in [0.5, 0.6) is 0 Å². The number of anilines is 1. The van der Waals surface area contributed by atoms with Gasteiger partial charge in [-0.2, -0.15) is 0 Å². The Morgan fingerprint density at radius 3 is 2.26 bits per heavy atom. The van der Waals surface area contributed by atoms with Crippen LogP contribution in [0.1, 0.15) is 43.6 Å². The minimum absolute atomic E-state index is 0.235. The lowest BCUT2D eigenvalue weighted by molar-refractivity contribution is 0.338. The van der Waals surface area contributed by atoms with E-state index >= 15 is 0 Å². The van der Waals surface area contributed by atoms with Crippen molar-refractivity contribution in [1.29, 1.82) is 0 Å². The van der Waals surface area contributed by atoms with Crippen LogP contribution in [-0.2, 0) is 10.0 Å². The number of aromatic nitrogens is 2. The van der Waals surface area contributed by atoms with Gasteiger partial charge in [0, 0.05) is 37.9 Å². The molecule has 2 saturated heterocycles. The maximum absolute atomic E-state index is 12.8. The van der Waals surface area contributed by atoms with Crippen LogP contribution in [0.25, 0.3) is 0 Å². The molecular formula is C16H26N4O2S. The molecule has 6 nitrogen and oxygen atoms in total. The molecule has 128 valence electrons. The molecule has 2 aliphatic rings. The van der Waals surface area contributed by atoms with E-state index in [1.807, 2.05) is 19.9 Å². The van der Waals surface area contributed by atoms with Crippen LogP contribution < -0.4 is 4.90 Å². The first-order valence-electron chi connectivity index (χ1n) is 8.53. The molecule has 23 heavy (non-hydrogen) atoms. The van der Waals surface area contributed by atoms with Gasteiger partial charge in [0.25, 0.3) is 0 Å². The molecule has 0 saturated carbocycles. The monoisotopic (exact) mass is 338 g/mol. The molecule has 2 aliphatic heterocycles. The second-order valence-electron chi connectivity index (χ2n) is 6.61. The van der Waals surface area contributed by atoms with E-state index in [1.54, 1.807) is 4.31 Å². The van der Waals surface area contributed by atoms with Gasteiger partial charge >= 0.3 is 0 Å². The lowest BCUT2D eigenvalue weighted by Crippen LogP contribution is -2.47. The van der Waals surface area contributed by atoms with E-state index in [1.165, 1.54) is 0 Å². The zero-order valence-electron chi connectivity index (χ0n) is 14.0. The molecule has 3 rings (SSSR count). The van der Waals surface area contributed by atoms with Gasteiger partial charge < -0.3 is 4.90 Å². The van der Waals surface area contributed by atoms with Gasteiger partial charge in [-0.3, -0.25) is 0 Å². The fourth-order valence-corrected chi connectivity index (χ4v) is 5.57.